The molecule has 72 valence electrons. The Morgan fingerprint density at radius 2 is 2.36 bits per heavy atom. The van der Waals surface area contributed by atoms with Gasteiger partial charge in [0, 0.05) is 25.5 Å². The zero-order valence-electron chi connectivity index (χ0n) is 7.48. The van der Waals surface area contributed by atoms with Gasteiger partial charge in [0.25, 0.3) is 0 Å². The second kappa shape index (κ2) is 3.91. The van der Waals surface area contributed by atoms with E-state index in [2.05, 4.69) is 43.0 Å². The second-order valence-corrected chi connectivity index (χ2v) is 3.84. The average molecular weight is 301 g/mol. The summed E-state index contributed by atoms with van der Waals surface area (Å²) in [6.45, 7) is 0. The van der Waals surface area contributed by atoms with Crippen molar-refractivity contribution >= 4 is 28.5 Å². The fraction of sp³-hybridized carbons (Fsp3) is 0.125. The lowest BCUT2D eigenvalue weighted by Gasteiger charge is -2.01. The summed E-state index contributed by atoms with van der Waals surface area (Å²) in [5, 5.41) is 7.03. The number of nitrogens with one attached hydrogen (secondary N) is 1. The van der Waals surface area contributed by atoms with Gasteiger partial charge in [-0.25, -0.2) is 9.67 Å². The Morgan fingerprint density at radius 1 is 1.50 bits per heavy atom. The third kappa shape index (κ3) is 1.84. The minimum Gasteiger partial charge on any atom is -0.357 e. The van der Waals surface area contributed by atoms with Crippen molar-refractivity contribution in [2.75, 3.05) is 12.4 Å². The van der Waals surface area contributed by atoms with Gasteiger partial charge < -0.3 is 5.32 Å². The summed E-state index contributed by atoms with van der Waals surface area (Å²) in [5.41, 5.74) is 0. The molecule has 0 aromatic carbocycles. The number of anilines is 1. The van der Waals surface area contributed by atoms with Gasteiger partial charge in [0.15, 0.2) is 5.82 Å². The molecule has 0 fully saturated rings. The van der Waals surface area contributed by atoms with Crippen LogP contribution in [0.1, 0.15) is 0 Å². The van der Waals surface area contributed by atoms with E-state index in [1.807, 2.05) is 12.3 Å². The quantitative estimate of drug-likeness (QED) is 0.850. The highest BCUT2D eigenvalue weighted by Gasteiger charge is 2.01. The number of rotatable bonds is 2. The van der Waals surface area contributed by atoms with Crippen molar-refractivity contribution in [2.45, 2.75) is 0 Å². The number of hydrogen-bond donors (Lipinski definition) is 1. The van der Waals surface area contributed by atoms with E-state index in [4.69, 9.17) is 0 Å². The first-order valence-corrected chi connectivity index (χ1v) is 5.09. The zero-order chi connectivity index (χ0) is 9.97. The van der Waals surface area contributed by atoms with E-state index in [1.165, 1.54) is 0 Å². The fourth-order valence-electron chi connectivity index (χ4n) is 1.02. The molecule has 14 heavy (non-hydrogen) atoms. The van der Waals surface area contributed by atoms with E-state index < -0.39 is 0 Å². The fourth-order valence-corrected chi connectivity index (χ4v) is 1.41. The van der Waals surface area contributed by atoms with Crippen molar-refractivity contribution in [1.82, 2.24) is 19.7 Å². The highest BCUT2D eigenvalue weighted by atomic mass is 127. The maximum absolute atomic E-state index is 4.25. The monoisotopic (exact) mass is 301 g/mol. The summed E-state index contributed by atoms with van der Waals surface area (Å²) in [7, 11) is 1.78. The van der Waals surface area contributed by atoms with Crippen LogP contribution in [0, 0.1) is 3.57 Å². The van der Waals surface area contributed by atoms with E-state index >= 15 is 0 Å². The minimum atomic E-state index is 0.591. The SMILES string of the molecule is CNc1nccc(-n2cc(I)cn2)n1. The van der Waals surface area contributed by atoms with Gasteiger partial charge in [-0.15, -0.1) is 0 Å². The van der Waals surface area contributed by atoms with Crippen LogP contribution in [-0.2, 0) is 0 Å². The summed E-state index contributed by atoms with van der Waals surface area (Å²) in [6, 6.07) is 1.81. The van der Waals surface area contributed by atoms with Crippen LogP contribution < -0.4 is 5.32 Å². The summed E-state index contributed by atoms with van der Waals surface area (Å²) in [4.78, 5) is 8.27. The molecule has 0 spiro atoms. The Morgan fingerprint density at radius 3 is 3.00 bits per heavy atom. The first kappa shape index (κ1) is 9.38. The molecule has 2 rings (SSSR count). The van der Waals surface area contributed by atoms with Crippen LogP contribution >= 0.6 is 22.6 Å². The molecular formula is C8H8IN5. The van der Waals surface area contributed by atoms with Gasteiger partial charge in [-0.05, 0) is 22.6 Å². The first-order chi connectivity index (χ1) is 6.79. The number of aromatic nitrogens is 4. The Bertz CT molecular complexity index is 439. The molecule has 0 saturated carbocycles. The number of hydrogen-bond acceptors (Lipinski definition) is 4. The summed E-state index contributed by atoms with van der Waals surface area (Å²) < 4.78 is 2.79. The van der Waals surface area contributed by atoms with E-state index in [0.29, 0.717) is 5.95 Å². The van der Waals surface area contributed by atoms with Gasteiger partial charge in [-0.2, -0.15) is 10.1 Å². The topological polar surface area (TPSA) is 55.6 Å². The van der Waals surface area contributed by atoms with Gasteiger partial charge in [-0.1, -0.05) is 0 Å². The molecule has 6 heteroatoms. The first-order valence-electron chi connectivity index (χ1n) is 4.01. The standard InChI is InChI=1S/C8H8IN5/c1-10-8-11-3-2-7(13-8)14-5-6(9)4-12-14/h2-5H,1H3,(H,10,11,13). The van der Waals surface area contributed by atoms with E-state index in [-0.39, 0.29) is 0 Å². The van der Waals surface area contributed by atoms with Gasteiger partial charge in [0.2, 0.25) is 5.95 Å². The molecular weight excluding hydrogens is 293 g/mol. The molecule has 0 aliphatic heterocycles. The van der Waals surface area contributed by atoms with E-state index in [9.17, 15) is 0 Å². The smallest absolute Gasteiger partial charge is 0.224 e. The highest BCUT2D eigenvalue weighted by Crippen LogP contribution is 2.08. The predicted octanol–water partition coefficient (Wildman–Crippen LogP) is 1.31. The van der Waals surface area contributed by atoms with E-state index in [1.54, 1.807) is 24.1 Å². The van der Waals surface area contributed by atoms with Crippen molar-refractivity contribution in [3.8, 4) is 5.82 Å². The Hall–Kier alpha value is -1.18. The molecule has 0 amide bonds. The molecule has 2 aromatic rings. The van der Waals surface area contributed by atoms with Crippen molar-refractivity contribution in [2.24, 2.45) is 0 Å². The summed E-state index contributed by atoms with van der Waals surface area (Å²) >= 11 is 2.20. The van der Waals surface area contributed by atoms with Gasteiger partial charge >= 0.3 is 0 Å². The molecule has 1 N–H and O–H groups in total. The summed E-state index contributed by atoms with van der Waals surface area (Å²) in [6.07, 6.45) is 5.38. The van der Waals surface area contributed by atoms with Crippen molar-refractivity contribution in [1.29, 1.82) is 0 Å². The van der Waals surface area contributed by atoms with Crippen LogP contribution in [-0.4, -0.2) is 26.8 Å². The molecule has 2 heterocycles. The number of nitrogens with zero attached hydrogens (tertiary/aromatic N) is 4. The normalized spacial score (nSPS) is 10.1. The largest absolute Gasteiger partial charge is 0.357 e. The van der Waals surface area contributed by atoms with Gasteiger partial charge in [0.1, 0.15) is 0 Å². The molecule has 5 nitrogen and oxygen atoms in total. The molecule has 0 aliphatic carbocycles. The van der Waals surface area contributed by atoms with E-state index in [0.717, 1.165) is 9.39 Å². The predicted molar refractivity (Wildman–Crippen MR) is 61.4 cm³/mol. The molecule has 0 aliphatic rings. The Balaban J connectivity index is 2.41. The molecule has 2 aromatic heterocycles. The molecule has 0 radical (unpaired) electrons. The maximum atomic E-state index is 4.25. The van der Waals surface area contributed by atoms with Crippen molar-refractivity contribution in [3.63, 3.8) is 0 Å². The average Bonchev–Trinajstić information content (AvgIpc) is 2.65. The third-order valence-electron chi connectivity index (χ3n) is 1.65. The van der Waals surface area contributed by atoms with Crippen LogP contribution in [0.3, 0.4) is 0 Å². The van der Waals surface area contributed by atoms with Crippen LogP contribution in [0.2, 0.25) is 0 Å². The van der Waals surface area contributed by atoms with Crippen LogP contribution in [0.4, 0.5) is 5.95 Å². The third-order valence-corrected chi connectivity index (χ3v) is 2.21. The van der Waals surface area contributed by atoms with Crippen molar-refractivity contribution in [3.05, 3.63) is 28.2 Å². The van der Waals surface area contributed by atoms with Crippen molar-refractivity contribution < 1.29 is 0 Å². The lowest BCUT2D eigenvalue weighted by Crippen LogP contribution is -2.02. The molecule has 0 unspecified atom stereocenters. The van der Waals surface area contributed by atoms with Crippen LogP contribution in [0.5, 0.6) is 0 Å². The summed E-state index contributed by atoms with van der Waals surface area (Å²) in [5.74, 6) is 1.35. The van der Waals surface area contributed by atoms with Gasteiger partial charge in [0.05, 0.1) is 9.77 Å². The Labute approximate surface area is 94.7 Å². The minimum absolute atomic E-state index is 0.591. The van der Waals surface area contributed by atoms with Gasteiger partial charge in [-0.3, -0.25) is 0 Å². The highest BCUT2D eigenvalue weighted by molar-refractivity contribution is 14.1. The van der Waals surface area contributed by atoms with Crippen LogP contribution in [0.25, 0.3) is 5.82 Å². The zero-order valence-corrected chi connectivity index (χ0v) is 9.63. The lowest BCUT2D eigenvalue weighted by molar-refractivity contribution is 0.841. The molecule has 0 atom stereocenters. The number of halogens is 1. The second-order valence-electron chi connectivity index (χ2n) is 2.59. The maximum Gasteiger partial charge on any atom is 0.224 e. The lowest BCUT2D eigenvalue weighted by atomic mass is 10.6. The van der Waals surface area contributed by atoms with Crippen LogP contribution in [0.15, 0.2) is 24.7 Å². The molecule has 0 bridgehead atoms. The molecule has 0 saturated heterocycles. The Kier molecular flexibility index (Phi) is 2.62.